The Labute approximate surface area is 120 Å². The van der Waals surface area contributed by atoms with E-state index in [4.69, 9.17) is 5.84 Å². The molecule has 0 fully saturated rings. The molecular weight excluding hydrogens is 342 g/mol. The first kappa shape index (κ1) is 13.5. The van der Waals surface area contributed by atoms with E-state index in [1.54, 1.807) is 6.07 Å². The zero-order valence-electron chi connectivity index (χ0n) is 9.74. The van der Waals surface area contributed by atoms with Crippen molar-refractivity contribution >= 4 is 22.6 Å². The maximum absolute atomic E-state index is 13.1. The van der Waals surface area contributed by atoms with Crippen LogP contribution < -0.4 is 11.3 Å². The fraction of sp³-hybridized carbons (Fsp3) is 0.143. The molecule has 3 N–H and O–H groups in total. The van der Waals surface area contributed by atoms with E-state index in [1.165, 1.54) is 17.7 Å². The maximum Gasteiger partial charge on any atom is 0.124 e. The van der Waals surface area contributed by atoms with Crippen molar-refractivity contribution in [3.8, 4) is 0 Å². The Morgan fingerprint density at radius 1 is 1.17 bits per heavy atom. The lowest BCUT2D eigenvalue weighted by molar-refractivity contribution is 0.546. The monoisotopic (exact) mass is 356 g/mol. The SMILES string of the molecule is NNC(Cc1ccccc1)c1ccc(F)cc1I. The average Bonchev–Trinajstić information content (AvgIpc) is 2.38. The highest BCUT2D eigenvalue weighted by molar-refractivity contribution is 14.1. The third-order valence-corrected chi connectivity index (χ3v) is 3.76. The van der Waals surface area contributed by atoms with E-state index in [2.05, 4.69) is 40.1 Å². The fourth-order valence-corrected chi connectivity index (χ4v) is 2.75. The summed E-state index contributed by atoms with van der Waals surface area (Å²) in [5.74, 6) is 5.39. The molecule has 0 saturated heterocycles. The predicted octanol–water partition coefficient (Wildman–Crippen LogP) is 3.18. The van der Waals surface area contributed by atoms with Gasteiger partial charge in [0.05, 0.1) is 6.04 Å². The molecule has 2 nitrogen and oxygen atoms in total. The molecule has 2 aromatic rings. The molecule has 94 valence electrons. The minimum Gasteiger partial charge on any atom is -0.271 e. The number of hydrogen-bond acceptors (Lipinski definition) is 2. The second kappa shape index (κ2) is 6.26. The number of rotatable bonds is 4. The van der Waals surface area contributed by atoms with E-state index in [0.717, 1.165) is 15.6 Å². The Morgan fingerprint density at radius 2 is 1.89 bits per heavy atom. The summed E-state index contributed by atoms with van der Waals surface area (Å²) in [4.78, 5) is 0. The summed E-state index contributed by atoms with van der Waals surface area (Å²) < 4.78 is 14.0. The van der Waals surface area contributed by atoms with Gasteiger partial charge in [0, 0.05) is 3.57 Å². The molecule has 2 rings (SSSR count). The molecule has 4 heteroatoms. The van der Waals surface area contributed by atoms with Crippen molar-refractivity contribution in [1.82, 2.24) is 5.43 Å². The Kier molecular flexibility index (Phi) is 4.68. The number of nitrogens with one attached hydrogen (secondary N) is 1. The lowest BCUT2D eigenvalue weighted by atomic mass is 9.99. The van der Waals surface area contributed by atoms with Gasteiger partial charge in [-0.25, -0.2) is 4.39 Å². The molecule has 0 aliphatic heterocycles. The highest BCUT2D eigenvalue weighted by Gasteiger charge is 2.14. The van der Waals surface area contributed by atoms with E-state index in [9.17, 15) is 4.39 Å². The third kappa shape index (κ3) is 3.28. The van der Waals surface area contributed by atoms with Crippen molar-refractivity contribution in [2.45, 2.75) is 12.5 Å². The fourth-order valence-electron chi connectivity index (χ4n) is 1.89. The molecule has 0 spiro atoms. The van der Waals surface area contributed by atoms with Gasteiger partial charge in [-0.15, -0.1) is 0 Å². The zero-order chi connectivity index (χ0) is 13.0. The molecule has 0 amide bonds. The molecule has 2 aromatic carbocycles. The van der Waals surface area contributed by atoms with Crippen LogP contribution in [0.3, 0.4) is 0 Å². The van der Waals surface area contributed by atoms with E-state index in [0.29, 0.717) is 0 Å². The molecule has 0 aliphatic carbocycles. The number of halogens is 2. The summed E-state index contributed by atoms with van der Waals surface area (Å²) in [7, 11) is 0. The molecule has 0 bridgehead atoms. The van der Waals surface area contributed by atoms with E-state index in [1.807, 2.05) is 18.2 Å². The van der Waals surface area contributed by atoms with Gasteiger partial charge < -0.3 is 0 Å². The summed E-state index contributed by atoms with van der Waals surface area (Å²) in [5.41, 5.74) is 5.01. The first-order valence-corrected chi connectivity index (χ1v) is 6.73. The van der Waals surface area contributed by atoms with Crippen LogP contribution in [0.25, 0.3) is 0 Å². The standard InChI is InChI=1S/C14H14FIN2/c15-11-6-7-12(13(16)9-11)14(18-17)8-10-4-2-1-3-5-10/h1-7,9,14,18H,8,17H2. The lowest BCUT2D eigenvalue weighted by Gasteiger charge is -2.18. The van der Waals surface area contributed by atoms with Crippen molar-refractivity contribution in [3.05, 3.63) is 69.0 Å². The van der Waals surface area contributed by atoms with E-state index in [-0.39, 0.29) is 11.9 Å². The number of benzene rings is 2. The highest BCUT2D eigenvalue weighted by atomic mass is 127. The summed E-state index contributed by atoms with van der Waals surface area (Å²) in [5, 5.41) is 0. The van der Waals surface area contributed by atoms with E-state index >= 15 is 0 Å². The lowest BCUT2D eigenvalue weighted by Crippen LogP contribution is -2.30. The van der Waals surface area contributed by atoms with Crippen molar-refractivity contribution in [2.75, 3.05) is 0 Å². The molecule has 0 radical (unpaired) electrons. The molecule has 0 heterocycles. The summed E-state index contributed by atoms with van der Waals surface area (Å²) in [6.07, 6.45) is 0.777. The Balaban J connectivity index is 2.23. The van der Waals surface area contributed by atoms with Crippen LogP contribution in [0.5, 0.6) is 0 Å². The zero-order valence-corrected chi connectivity index (χ0v) is 11.9. The topological polar surface area (TPSA) is 38.0 Å². The van der Waals surface area contributed by atoms with Crippen LogP contribution in [0.4, 0.5) is 4.39 Å². The first-order chi connectivity index (χ1) is 8.70. The first-order valence-electron chi connectivity index (χ1n) is 5.65. The highest BCUT2D eigenvalue weighted by Crippen LogP contribution is 2.23. The second-order valence-electron chi connectivity index (χ2n) is 4.07. The van der Waals surface area contributed by atoms with Crippen LogP contribution in [0, 0.1) is 9.39 Å². The van der Waals surface area contributed by atoms with Crippen molar-refractivity contribution < 1.29 is 4.39 Å². The van der Waals surface area contributed by atoms with Gasteiger partial charge in [0.15, 0.2) is 0 Å². The molecule has 0 aromatic heterocycles. The van der Waals surface area contributed by atoms with Crippen LogP contribution in [-0.4, -0.2) is 0 Å². The minimum absolute atomic E-state index is 0.0140. The van der Waals surface area contributed by atoms with Gasteiger partial charge in [0.1, 0.15) is 5.82 Å². The van der Waals surface area contributed by atoms with Crippen molar-refractivity contribution in [3.63, 3.8) is 0 Å². The van der Waals surface area contributed by atoms with Crippen LogP contribution in [0.1, 0.15) is 17.2 Å². The smallest absolute Gasteiger partial charge is 0.124 e. The minimum atomic E-state index is -0.223. The van der Waals surface area contributed by atoms with Gasteiger partial charge in [0.2, 0.25) is 0 Å². The molecule has 0 aliphatic rings. The van der Waals surface area contributed by atoms with Gasteiger partial charge in [-0.05, 0) is 52.3 Å². The number of nitrogens with two attached hydrogens (primary N) is 1. The van der Waals surface area contributed by atoms with Crippen LogP contribution in [0.15, 0.2) is 48.5 Å². The Bertz CT molecular complexity index is 516. The van der Waals surface area contributed by atoms with Gasteiger partial charge in [0.25, 0.3) is 0 Å². The third-order valence-electron chi connectivity index (χ3n) is 2.82. The Hall–Kier alpha value is -0.980. The van der Waals surface area contributed by atoms with Gasteiger partial charge in [-0.2, -0.15) is 0 Å². The second-order valence-corrected chi connectivity index (χ2v) is 5.24. The molecule has 0 saturated carbocycles. The largest absolute Gasteiger partial charge is 0.271 e. The van der Waals surface area contributed by atoms with Gasteiger partial charge in [-0.3, -0.25) is 11.3 Å². The summed E-state index contributed by atoms with van der Waals surface area (Å²) >= 11 is 2.13. The molecular formula is C14H14FIN2. The predicted molar refractivity (Wildman–Crippen MR) is 79.3 cm³/mol. The van der Waals surface area contributed by atoms with Gasteiger partial charge >= 0.3 is 0 Å². The number of hydrazine groups is 1. The molecule has 1 atom stereocenters. The van der Waals surface area contributed by atoms with E-state index < -0.39 is 0 Å². The molecule has 18 heavy (non-hydrogen) atoms. The quantitative estimate of drug-likeness (QED) is 0.502. The van der Waals surface area contributed by atoms with Crippen molar-refractivity contribution in [1.29, 1.82) is 0 Å². The molecule has 1 unspecified atom stereocenters. The maximum atomic E-state index is 13.1. The van der Waals surface area contributed by atoms with Gasteiger partial charge in [-0.1, -0.05) is 36.4 Å². The van der Waals surface area contributed by atoms with Crippen LogP contribution in [0.2, 0.25) is 0 Å². The van der Waals surface area contributed by atoms with Crippen LogP contribution in [-0.2, 0) is 6.42 Å². The van der Waals surface area contributed by atoms with Crippen LogP contribution >= 0.6 is 22.6 Å². The average molecular weight is 356 g/mol. The summed E-state index contributed by atoms with van der Waals surface area (Å²) in [6, 6.07) is 14.8. The summed E-state index contributed by atoms with van der Waals surface area (Å²) in [6.45, 7) is 0. The van der Waals surface area contributed by atoms with Crippen molar-refractivity contribution in [2.24, 2.45) is 5.84 Å². The normalized spacial score (nSPS) is 12.4. The Morgan fingerprint density at radius 3 is 2.50 bits per heavy atom. The number of hydrogen-bond donors (Lipinski definition) is 2.